The summed E-state index contributed by atoms with van der Waals surface area (Å²) in [4.78, 5) is 2.46. The highest BCUT2D eigenvalue weighted by Crippen LogP contribution is 2.27. The van der Waals surface area contributed by atoms with Gasteiger partial charge in [0, 0.05) is 31.0 Å². The van der Waals surface area contributed by atoms with E-state index in [1.165, 1.54) is 18.5 Å². The summed E-state index contributed by atoms with van der Waals surface area (Å²) >= 11 is 0. The minimum Gasteiger partial charge on any atom is -0.495 e. The van der Waals surface area contributed by atoms with Gasteiger partial charge in [0.15, 0.2) is 0 Å². The zero-order valence-corrected chi connectivity index (χ0v) is 17.5. The summed E-state index contributed by atoms with van der Waals surface area (Å²) in [6.07, 6.45) is 4.30. The van der Waals surface area contributed by atoms with Gasteiger partial charge in [-0.1, -0.05) is 34.6 Å². The molecule has 3 N–H and O–H groups in total. The second-order valence-corrected chi connectivity index (χ2v) is 6.76. The van der Waals surface area contributed by atoms with Gasteiger partial charge in [0.2, 0.25) is 0 Å². The van der Waals surface area contributed by atoms with Gasteiger partial charge in [-0.15, -0.1) is 0 Å². The van der Waals surface area contributed by atoms with E-state index in [2.05, 4.69) is 25.7 Å². The number of nitrogens with two attached hydrogens (primary N) is 1. The zero-order valence-electron chi connectivity index (χ0n) is 17.5. The van der Waals surface area contributed by atoms with Crippen LogP contribution in [0.4, 0.5) is 0 Å². The lowest BCUT2D eigenvalue weighted by Gasteiger charge is -2.36. The van der Waals surface area contributed by atoms with Crippen molar-refractivity contribution >= 4 is 0 Å². The summed E-state index contributed by atoms with van der Waals surface area (Å²) in [5, 5.41) is 8.06. The Kier molecular flexibility index (Phi) is 14.8. The van der Waals surface area contributed by atoms with E-state index in [9.17, 15) is 0 Å². The Morgan fingerprint density at radius 2 is 1.58 bits per heavy atom. The van der Waals surface area contributed by atoms with Gasteiger partial charge in [0.05, 0.1) is 12.8 Å². The molecule has 0 radical (unpaired) electrons. The molecule has 0 amide bonds. The van der Waals surface area contributed by atoms with Crippen LogP contribution in [0.25, 0.3) is 0 Å². The number of ether oxygens (including phenoxy) is 1. The first-order valence-electron chi connectivity index (χ1n) is 9.33. The second kappa shape index (κ2) is 14.2. The lowest BCUT2D eigenvalue weighted by atomic mass is 9.96. The number of likely N-dealkylation sites (tertiary alicyclic amines) is 1. The van der Waals surface area contributed by atoms with Gasteiger partial charge < -0.3 is 20.5 Å². The van der Waals surface area contributed by atoms with Crippen LogP contribution >= 0.6 is 0 Å². The third kappa shape index (κ3) is 11.4. The Bertz CT molecular complexity index is 359. The minimum atomic E-state index is -0.167. The average Bonchev–Trinajstić information content (AvgIpc) is 2.49. The Morgan fingerprint density at radius 1 is 1.17 bits per heavy atom. The maximum absolute atomic E-state index is 8.06. The van der Waals surface area contributed by atoms with Crippen molar-refractivity contribution in [2.45, 2.75) is 74.3 Å². The largest absolute Gasteiger partial charge is 0.495 e. The molecule has 0 atom stereocenters. The smallest absolute Gasteiger partial charge is 0.139 e. The summed E-state index contributed by atoms with van der Waals surface area (Å²) in [5.41, 5.74) is 7.86. The fourth-order valence-electron chi connectivity index (χ4n) is 2.50. The molecule has 24 heavy (non-hydrogen) atoms. The third-order valence-electron chi connectivity index (χ3n) is 3.50. The molecule has 0 bridgehead atoms. The van der Waals surface area contributed by atoms with Crippen molar-refractivity contribution in [3.8, 4) is 0 Å². The second-order valence-electron chi connectivity index (χ2n) is 6.76. The van der Waals surface area contributed by atoms with Crippen LogP contribution in [0.15, 0.2) is 23.2 Å². The van der Waals surface area contributed by atoms with E-state index in [4.69, 9.17) is 15.6 Å². The molecule has 0 aromatic carbocycles. The number of aliphatic hydroxyl groups is 1. The average molecular weight is 343 g/mol. The van der Waals surface area contributed by atoms with E-state index in [1.807, 2.05) is 26.8 Å². The molecule has 1 aliphatic rings. The number of methoxy groups -OCH3 is 1. The van der Waals surface area contributed by atoms with E-state index in [0.717, 1.165) is 30.5 Å². The van der Waals surface area contributed by atoms with E-state index >= 15 is 0 Å². The van der Waals surface area contributed by atoms with Crippen molar-refractivity contribution in [3.63, 3.8) is 0 Å². The molecule has 0 aliphatic carbocycles. The molecule has 0 unspecified atom stereocenters. The summed E-state index contributed by atoms with van der Waals surface area (Å²) in [6.45, 7) is 18.3. The molecule has 0 aromatic rings. The number of aliphatic hydroxyl groups excluding tert-OH is 1. The highest BCUT2D eigenvalue weighted by Gasteiger charge is 2.22. The van der Waals surface area contributed by atoms with Gasteiger partial charge in [0.25, 0.3) is 0 Å². The fourth-order valence-corrected chi connectivity index (χ4v) is 2.50. The maximum Gasteiger partial charge on any atom is 0.139 e. The molecule has 1 rings (SSSR count). The van der Waals surface area contributed by atoms with Gasteiger partial charge in [-0.2, -0.15) is 0 Å². The molecule has 1 aliphatic heterocycles. The molecule has 0 spiro atoms. The molecular formula is C20H42N2O2. The van der Waals surface area contributed by atoms with E-state index in [-0.39, 0.29) is 6.10 Å². The van der Waals surface area contributed by atoms with Crippen LogP contribution < -0.4 is 5.73 Å². The molecule has 0 aromatic heterocycles. The van der Waals surface area contributed by atoms with Crippen molar-refractivity contribution in [1.82, 2.24) is 4.90 Å². The first kappa shape index (κ1) is 25.1. The third-order valence-corrected chi connectivity index (χ3v) is 3.50. The van der Waals surface area contributed by atoms with Crippen LogP contribution in [0.5, 0.6) is 0 Å². The van der Waals surface area contributed by atoms with Crippen LogP contribution in [0.3, 0.4) is 0 Å². The van der Waals surface area contributed by atoms with Crippen molar-refractivity contribution in [2.24, 2.45) is 17.6 Å². The number of hydrogen-bond acceptors (Lipinski definition) is 4. The molecule has 144 valence electrons. The van der Waals surface area contributed by atoms with Crippen LogP contribution in [0, 0.1) is 11.8 Å². The van der Waals surface area contributed by atoms with E-state index < -0.39 is 0 Å². The molecule has 4 nitrogen and oxygen atoms in total. The monoisotopic (exact) mass is 342 g/mol. The van der Waals surface area contributed by atoms with Gasteiger partial charge in [0.1, 0.15) is 5.76 Å². The quantitative estimate of drug-likeness (QED) is 0.583. The van der Waals surface area contributed by atoms with Crippen LogP contribution in [-0.2, 0) is 4.74 Å². The minimum absolute atomic E-state index is 0.167. The SMILES string of the molecule is CC.CC(C)O.COC(/C=C(\C)N)=C(/C(C)C)N1CCC(C)CC1. The molecular weight excluding hydrogens is 300 g/mol. The highest BCUT2D eigenvalue weighted by molar-refractivity contribution is 5.23. The molecule has 0 saturated carbocycles. The number of allylic oxidation sites excluding steroid dienone is 3. The number of nitrogens with zero attached hydrogens (tertiary/aromatic N) is 1. The normalized spacial score (nSPS) is 16.8. The summed E-state index contributed by atoms with van der Waals surface area (Å²) in [5.74, 6) is 2.20. The Labute approximate surface area is 150 Å². The van der Waals surface area contributed by atoms with Crippen LogP contribution in [0.1, 0.15) is 68.2 Å². The number of rotatable bonds is 4. The first-order chi connectivity index (χ1) is 11.2. The van der Waals surface area contributed by atoms with E-state index in [1.54, 1.807) is 21.0 Å². The highest BCUT2D eigenvalue weighted by atomic mass is 16.5. The fraction of sp³-hybridized carbons (Fsp3) is 0.800. The van der Waals surface area contributed by atoms with Crippen molar-refractivity contribution in [1.29, 1.82) is 0 Å². The van der Waals surface area contributed by atoms with Crippen molar-refractivity contribution in [2.75, 3.05) is 20.2 Å². The number of hydrogen-bond donors (Lipinski definition) is 2. The van der Waals surface area contributed by atoms with Gasteiger partial charge in [-0.3, -0.25) is 0 Å². The standard InChI is InChI=1S/C15H28N2O.C3H8O.C2H6/c1-11(2)15(14(18-5)10-13(4)16)17-8-6-12(3)7-9-17;1-3(2)4;1-2/h10-12H,6-9,16H2,1-5H3;3-4H,1-2H3;1-2H3/b13-10+,15-14-;;. The lowest BCUT2D eigenvalue weighted by molar-refractivity contribution is 0.197. The summed E-state index contributed by atoms with van der Waals surface area (Å²) < 4.78 is 5.55. The van der Waals surface area contributed by atoms with Gasteiger partial charge in [-0.05, 0) is 45.4 Å². The van der Waals surface area contributed by atoms with Crippen molar-refractivity contribution < 1.29 is 9.84 Å². The van der Waals surface area contributed by atoms with E-state index in [0.29, 0.717) is 5.92 Å². The first-order valence-corrected chi connectivity index (χ1v) is 9.33. The van der Waals surface area contributed by atoms with Gasteiger partial charge in [-0.25, -0.2) is 0 Å². The predicted octanol–water partition coefficient (Wildman–Crippen LogP) is 4.51. The molecule has 1 fully saturated rings. The Hall–Kier alpha value is -1.16. The Morgan fingerprint density at radius 3 is 1.88 bits per heavy atom. The van der Waals surface area contributed by atoms with Crippen LogP contribution in [0.2, 0.25) is 0 Å². The maximum atomic E-state index is 8.06. The van der Waals surface area contributed by atoms with Crippen LogP contribution in [-0.4, -0.2) is 36.3 Å². The predicted molar refractivity (Wildman–Crippen MR) is 105 cm³/mol. The molecule has 1 heterocycles. The number of piperidine rings is 1. The zero-order chi connectivity index (χ0) is 19.3. The topological polar surface area (TPSA) is 58.7 Å². The summed E-state index contributed by atoms with van der Waals surface area (Å²) in [6, 6.07) is 0. The molecule has 4 heteroatoms. The lowest BCUT2D eigenvalue weighted by Crippen LogP contribution is -2.35. The van der Waals surface area contributed by atoms with Gasteiger partial charge >= 0.3 is 0 Å². The molecule has 1 saturated heterocycles. The Balaban J connectivity index is 0. The van der Waals surface area contributed by atoms with Crippen molar-refractivity contribution in [3.05, 3.63) is 23.2 Å². The summed E-state index contributed by atoms with van der Waals surface area (Å²) in [7, 11) is 1.73.